The fourth-order valence-corrected chi connectivity index (χ4v) is 2.78. The monoisotopic (exact) mass is 291 g/mol. The molecule has 0 bridgehead atoms. The summed E-state index contributed by atoms with van der Waals surface area (Å²) in [6.07, 6.45) is 2.36. The second kappa shape index (κ2) is 4.67. The van der Waals surface area contributed by atoms with Crippen molar-refractivity contribution in [2.24, 2.45) is 0 Å². The molecule has 2 aromatic rings. The van der Waals surface area contributed by atoms with E-state index in [-0.39, 0.29) is 0 Å². The normalized spacial score (nSPS) is 18.3. The molecular weight excluding hydrogens is 278 g/mol. The van der Waals surface area contributed by atoms with Gasteiger partial charge in [-0.05, 0) is 52.0 Å². The number of nitrogens with one attached hydrogen (secondary N) is 1. The lowest BCUT2D eigenvalue weighted by molar-refractivity contribution is 0.436. The lowest BCUT2D eigenvalue weighted by atomic mass is 10.1. The summed E-state index contributed by atoms with van der Waals surface area (Å²) < 4.78 is 6.28. The molecule has 0 aliphatic heterocycles. The molecule has 0 amide bonds. The summed E-state index contributed by atoms with van der Waals surface area (Å²) in [5.41, 5.74) is 2.92. The first-order valence-electron chi connectivity index (χ1n) is 5.88. The molecule has 0 spiro atoms. The summed E-state index contributed by atoms with van der Waals surface area (Å²) in [4.78, 5) is 0. The molecular formula is C14H14BrNO. The number of rotatable bonds is 3. The van der Waals surface area contributed by atoms with Gasteiger partial charge in [-0.25, -0.2) is 0 Å². The fourth-order valence-electron chi connectivity index (χ4n) is 2.44. The molecule has 2 nitrogen and oxygen atoms in total. The summed E-state index contributed by atoms with van der Waals surface area (Å²) in [5.74, 6) is 0.973. The van der Waals surface area contributed by atoms with Crippen LogP contribution < -0.4 is 5.32 Å². The summed E-state index contributed by atoms with van der Waals surface area (Å²) in [5, 5.41) is 3.55. The third-order valence-electron chi connectivity index (χ3n) is 3.28. The highest BCUT2D eigenvalue weighted by Gasteiger charge is 2.21. The highest BCUT2D eigenvalue weighted by atomic mass is 79.9. The molecule has 0 fully saturated rings. The average molecular weight is 292 g/mol. The van der Waals surface area contributed by atoms with E-state index in [9.17, 15) is 0 Å². The van der Waals surface area contributed by atoms with Crippen LogP contribution in [0.3, 0.4) is 0 Å². The molecule has 1 aromatic heterocycles. The summed E-state index contributed by atoms with van der Waals surface area (Å²) in [6.45, 7) is 0.782. The minimum Gasteiger partial charge on any atom is -0.453 e. The molecule has 3 rings (SSSR count). The van der Waals surface area contributed by atoms with Gasteiger partial charge in [-0.15, -0.1) is 0 Å². The third kappa shape index (κ3) is 2.31. The topological polar surface area (TPSA) is 25.2 Å². The molecule has 1 heterocycles. The highest BCUT2D eigenvalue weighted by Crippen LogP contribution is 2.31. The van der Waals surface area contributed by atoms with Crippen LogP contribution in [0.25, 0.3) is 0 Å². The molecule has 0 saturated heterocycles. The Labute approximate surface area is 109 Å². The van der Waals surface area contributed by atoms with Gasteiger partial charge in [0, 0.05) is 6.04 Å². The number of hydrogen-bond acceptors (Lipinski definition) is 2. The minimum absolute atomic E-state index is 0.468. The van der Waals surface area contributed by atoms with Crippen molar-refractivity contribution in [1.29, 1.82) is 0 Å². The molecule has 0 saturated carbocycles. The molecule has 1 N–H and O–H groups in total. The zero-order valence-corrected chi connectivity index (χ0v) is 11.0. The molecule has 0 radical (unpaired) electrons. The van der Waals surface area contributed by atoms with Crippen molar-refractivity contribution >= 4 is 15.9 Å². The maximum Gasteiger partial charge on any atom is 0.169 e. The molecule has 1 aliphatic carbocycles. The van der Waals surface area contributed by atoms with E-state index in [1.807, 2.05) is 12.1 Å². The van der Waals surface area contributed by atoms with Crippen LogP contribution in [-0.4, -0.2) is 0 Å². The van der Waals surface area contributed by atoms with E-state index >= 15 is 0 Å². The van der Waals surface area contributed by atoms with Crippen LogP contribution in [-0.2, 0) is 13.0 Å². The van der Waals surface area contributed by atoms with Gasteiger partial charge in [0.1, 0.15) is 5.76 Å². The van der Waals surface area contributed by atoms with Gasteiger partial charge in [-0.2, -0.15) is 0 Å². The van der Waals surface area contributed by atoms with Crippen LogP contribution in [0.2, 0.25) is 0 Å². The van der Waals surface area contributed by atoms with E-state index in [0.29, 0.717) is 6.04 Å². The van der Waals surface area contributed by atoms with E-state index in [0.717, 1.165) is 17.0 Å². The van der Waals surface area contributed by atoms with E-state index in [1.165, 1.54) is 24.0 Å². The second-order valence-corrected chi connectivity index (χ2v) is 5.16. The zero-order chi connectivity index (χ0) is 11.7. The molecule has 3 heteroatoms. The zero-order valence-electron chi connectivity index (χ0n) is 9.45. The fraction of sp³-hybridized carbons (Fsp3) is 0.286. The van der Waals surface area contributed by atoms with Crippen molar-refractivity contribution in [2.45, 2.75) is 25.4 Å². The molecule has 17 heavy (non-hydrogen) atoms. The van der Waals surface area contributed by atoms with Gasteiger partial charge < -0.3 is 9.73 Å². The Morgan fingerprint density at radius 3 is 2.94 bits per heavy atom. The quantitative estimate of drug-likeness (QED) is 0.930. The largest absolute Gasteiger partial charge is 0.453 e. The molecule has 1 aliphatic rings. The Kier molecular flexibility index (Phi) is 3.04. The van der Waals surface area contributed by atoms with Crippen molar-refractivity contribution in [3.63, 3.8) is 0 Å². The highest BCUT2D eigenvalue weighted by molar-refractivity contribution is 9.10. The minimum atomic E-state index is 0.468. The van der Waals surface area contributed by atoms with Gasteiger partial charge >= 0.3 is 0 Å². The lowest BCUT2D eigenvalue weighted by Gasteiger charge is -2.12. The van der Waals surface area contributed by atoms with E-state index in [4.69, 9.17) is 4.42 Å². The van der Waals surface area contributed by atoms with Crippen molar-refractivity contribution < 1.29 is 4.42 Å². The molecule has 1 aromatic carbocycles. The Hall–Kier alpha value is -1.06. The number of halogens is 1. The van der Waals surface area contributed by atoms with Gasteiger partial charge in [0.25, 0.3) is 0 Å². The Morgan fingerprint density at radius 2 is 2.12 bits per heavy atom. The Bertz CT molecular complexity index is 520. The number of hydrogen-bond donors (Lipinski definition) is 1. The Morgan fingerprint density at radius 1 is 1.24 bits per heavy atom. The van der Waals surface area contributed by atoms with Crippen LogP contribution in [0.5, 0.6) is 0 Å². The molecule has 88 valence electrons. The predicted molar refractivity (Wildman–Crippen MR) is 70.8 cm³/mol. The number of aryl methyl sites for hydroxylation is 1. The van der Waals surface area contributed by atoms with Crippen molar-refractivity contribution in [1.82, 2.24) is 5.32 Å². The van der Waals surface area contributed by atoms with Gasteiger partial charge in [-0.1, -0.05) is 24.3 Å². The van der Waals surface area contributed by atoms with Crippen molar-refractivity contribution in [3.8, 4) is 0 Å². The summed E-state index contributed by atoms with van der Waals surface area (Å²) >= 11 is 3.32. The number of furan rings is 1. The molecule has 1 unspecified atom stereocenters. The maximum absolute atomic E-state index is 5.49. The average Bonchev–Trinajstić information content (AvgIpc) is 2.93. The van der Waals surface area contributed by atoms with Crippen LogP contribution in [0.1, 0.15) is 29.3 Å². The van der Waals surface area contributed by atoms with Gasteiger partial charge in [0.05, 0.1) is 6.54 Å². The van der Waals surface area contributed by atoms with Crippen LogP contribution in [0.4, 0.5) is 0 Å². The van der Waals surface area contributed by atoms with Gasteiger partial charge in [0.2, 0.25) is 0 Å². The van der Waals surface area contributed by atoms with Crippen LogP contribution in [0, 0.1) is 0 Å². The number of fused-ring (bicyclic) bond motifs is 1. The number of benzene rings is 1. The first-order chi connectivity index (χ1) is 8.33. The summed E-state index contributed by atoms with van der Waals surface area (Å²) in [6, 6.07) is 13.1. The predicted octanol–water partition coefficient (Wildman–Crippen LogP) is 3.82. The van der Waals surface area contributed by atoms with E-state index in [1.54, 1.807) is 0 Å². The Balaban J connectivity index is 1.68. The first-order valence-corrected chi connectivity index (χ1v) is 6.67. The van der Waals surface area contributed by atoms with E-state index < -0.39 is 0 Å². The third-order valence-corrected chi connectivity index (χ3v) is 3.71. The van der Waals surface area contributed by atoms with Crippen LogP contribution in [0.15, 0.2) is 45.5 Å². The second-order valence-electron chi connectivity index (χ2n) is 4.38. The standard InChI is InChI=1S/C14H14BrNO/c15-14-8-6-11(17-14)9-16-13-7-5-10-3-1-2-4-12(10)13/h1-4,6,8,13,16H,5,7,9H2. The van der Waals surface area contributed by atoms with Crippen LogP contribution >= 0.6 is 15.9 Å². The maximum atomic E-state index is 5.49. The van der Waals surface area contributed by atoms with Crippen molar-refractivity contribution in [2.75, 3.05) is 0 Å². The molecule has 1 atom stereocenters. The van der Waals surface area contributed by atoms with Crippen molar-refractivity contribution in [3.05, 3.63) is 58.0 Å². The van der Waals surface area contributed by atoms with E-state index in [2.05, 4.69) is 45.5 Å². The smallest absolute Gasteiger partial charge is 0.169 e. The SMILES string of the molecule is Brc1ccc(CNC2CCc3ccccc32)o1. The summed E-state index contributed by atoms with van der Waals surface area (Å²) in [7, 11) is 0. The van der Waals surface area contributed by atoms with Gasteiger partial charge in [0.15, 0.2) is 4.67 Å². The van der Waals surface area contributed by atoms with Gasteiger partial charge in [-0.3, -0.25) is 0 Å². The first kappa shape index (κ1) is 11.1. The lowest BCUT2D eigenvalue weighted by Crippen LogP contribution is -2.18.